The summed E-state index contributed by atoms with van der Waals surface area (Å²) in [5.41, 5.74) is 3.81. The van der Waals surface area contributed by atoms with E-state index in [0.717, 1.165) is 36.5 Å². The number of guanidine groups is 1. The Bertz CT molecular complexity index is 836. The normalized spacial score (nSPS) is 11.0. The zero-order valence-corrected chi connectivity index (χ0v) is 20.5. The topological polar surface area (TPSA) is 83.3 Å². The summed E-state index contributed by atoms with van der Waals surface area (Å²) in [6, 6.07) is 7.54. The molecule has 1 aromatic carbocycles. The van der Waals surface area contributed by atoms with Crippen LogP contribution in [0.3, 0.4) is 0 Å². The lowest BCUT2D eigenvalue weighted by molar-refractivity contribution is -0.116. The van der Waals surface area contributed by atoms with Gasteiger partial charge in [0.25, 0.3) is 0 Å². The van der Waals surface area contributed by atoms with Crippen molar-refractivity contribution in [2.45, 2.75) is 40.2 Å². The zero-order valence-electron chi connectivity index (χ0n) is 17.4. The number of hydrogen-bond acceptors (Lipinski definition) is 3. The van der Waals surface area contributed by atoms with Crippen LogP contribution in [0.4, 0.5) is 5.69 Å². The molecule has 0 saturated heterocycles. The lowest BCUT2D eigenvalue weighted by atomic mass is 10.2. The van der Waals surface area contributed by atoms with Crippen LogP contribution < -0.4 is 16.0 Å². The third kappa shape index (κ3) is 8.22. The fourth-order valence-corrected chi connectivity index (χ4v) is 2.98. The Morgan fingerprint density at radius 1 is 1.21 bits per heavy atom. The number of carbonyl (C=O) groups is 1. The number of aliphatic imine (C=N–C) groups is 1. The predicted octanol–water partition coefficient (Wildman–Crippen LogP) is 3.66. The number of amides is 1. The van der Waals surface area contributed by atoms with Crippen LogP contribution in [0.5, 0.6) is 0 Å². The van der Waals surface area contributed by atoms with Crippen LogP contribution >= 0.6 is 35.6 Å². The molecule has 2 rings (SSSR count). The molecule has 0 saturated carbocycles. The van der Waals surface area contributed by atoms with Crippen LogP contribution in [-0.2, 0) is 11.3 Å². The monoisotopic (exact) mass is 532 g/mol. The smallest absolute Gasteiger partial charge is 0.226 e. The van der Waals surface area contributed by atoms with Crippen molar-refractivity contribution < 1.29 is 4.79 Å². The molecule has 2 aromatic rings. The minimum atomic E-state index is -0.0714. The van der Waals surface area contributed by atoms with Gasteiger partial charge in [0, 0.05) is 49.5 Å². The summed E-state index contributed by atoms with van der Waals surface area (Å²) in [7, 11) is 1.71. The van der Waals surface area contributed by atoms with E-state index in [1.807, 2.05) is 30.7 Å². The van der Waals surface area contributed by atoms with Gasteiger partial charge < -0.3 is 16.0 Å². The molecular formula is C20H30ClIN6O. The van der Waals surface area contributed by atoms with Gasteiger partial charge in [0.15, 0.2) is 5.96 Å². The second-order valence-electron chi connectivity index (χ2n) is 6.64. The quantitative estimate of drug-likeness (QED) is 0.210. The van der Waals surface area contributed by atoms with Crippen molar-refractivity contribution in [3.05, 3.63) is 46.2 Å². The standard InChI is InChI=1S/C20H29ClN6O.HI/c1-14-13-15(2)27(26-14)12-6-10-23-20(22-4)24-11-9-19(28)25-18-8-5-7-17(21)16(18)3;/h5,7-8,13H,6,9-12H2,1-4H3,(H,25,28)(H2,22,23,24);1H. The van der Waals surface area contributed by atoms with Gasteiger partial charge in [-0.2, -0.15) is 5.10 Å². The summed E-state index contributed by atoms with van der Waals surface area (Å²) in [5.74, 6) is 0.609. The molecule has 0 radical (unpaired) electrons. The van der Waals surface area contributed by atoms with Crippen molar-refractivity contribution in [3.63, 3.8) is 0 Å². The third-order valence-electron chi connectivity index (χ3n) is 4.35. The van der Waals surface area contributed by atoms with E-state index in [4.69, 9.17) is 11.6 Å². The van der Waals surface area contributed by atoms with E-state index in [0.29, 0.717) is 23.9 Å². The summed E-state index contributed by atoms with van der Waals surface area (Å²) in [6.07, 6.45) is 1.26. The first-order valence-corrected chi connectivity index (χ1v) is 9.79. The number of nitrogens with zero attached hydrogens (tertiary/aromatic N) is 3. The number of benzene rings is 1. The van der Waals surface area contributed by atoms with Crippen LogP contribution in [0.2, 0.25) is 5.02 Å². The first-order chi connectivity index (χ1) is 13.4. The van der Waals surface area contributed by atoms with Crippen LogP contribution in [0.25, 0.3) is 0 Å². The summed E-state index contributed by atoms with van der Waals surface area (Å²) < 4.78 is 2.01. The van der Waals surface area contributed by atoms with Crippen LogP contribution in [0, 0.1) is 20.8 Å². The third-order valence-corrected chi connectivity index (χ3v) is 4.76. The molecule has 3 N–H and O–H groups in total. The molecule has 0 unspecified atom stereocenters. The Balaban J connectivity index is 0.00000420. The highest BCUT2D eigenvalue weighted by Crippen LogP contribution is 2.22. The van der Waals surface area contributed by atoms with Gasteiger partial charge >= 0.3 is 0 Å². The first-order valence-electron chi connectivity index (χ1n) is 9.41. The lowest BCUT2D eigenvalue weighted by Crippen LogP contribution is -2.39. The second kappa shape index (κ2) is 12.7. The van der Waals surface area contributed by atoms with E-state index in [2.05, 4.69) is 39.0 Å². The molecule has 9 heteroatoms. The predicted molar refractivity (Wildman–Crippen MR) is 131 cm³/mol. The molecule has 0 atom stereocenters. The van der Waals surface area contributed by atoms with E-state index >= 15 is 0 Å². The minimum Gasteiger partial charge on any atom is -0.356 e. The molecule has 0 aliphatic carbocycles. The lowest BCUT2D eigenvalue weighted by Gasteiger charge is -2.13. The number of halogens is 2. The molecule has 0 aliphatic heterocycles. The minimum absolute atomic E-state index is 0. The van der Waals surface area contributed by atoms with Crippen molar-refractivity contribution in [1.82, 2.24) is 20.4 Å². The second-order valence-corrected chi connectivity index (χ2v) is 7.05. The fraction of sp³-hybridized carbons (Fsp3) is 0.450. The number of nitrogens with one attached hydrogen (secondary N) is 3. The SMILES string of the molecule is CN=C(NCCCn1nc(C)cc1C)NCCC(=O)Nc1cccc(Cl)c1C.I. The molecule has 29 heavy (non-hydrogen) atoms. The number of carbonyl (C=O) groups excluding carboxylic acids is 1. The largest absolute Gasteiger partial charge is 0.356 e. The average molecular weight is 533 g/mol. The molecular weight excluding hydrogens is 503 g/mol. The van der Waals surface area contributed by atoms with Gasteiger partial charge in [-0.05, 0) is 51.0 Å². The van der Waals surface area contributed by atoms with Crippen molar-refractivity contribution in [1.29, 1.82) is 0 Å². The Morgan fingerprint density at radius 3 is 2.59 bits per heavy atom. The van der Waals surface area contributed by atoms with Crippen LogP contribution in [-0.4, -0.2) is 41.8 Å². The average Bonchev–Trinajstić information content (AvgIpc) is 2.98. The number of anilines is 1. The van der Waals surface area contributed by atoms with Crippen molar-refractivity contribution in [2.24, 2.45) is 4.99 Å². The van der Waals surface area contributed by atoms with Crippen molar-refractivity contribution in [2.75, 3.05) is 25.5 Å². The summed E-state index contributed by atoms with van der Waals surface area (Å²) >= 11 is 6.08. The maximum absolute atomic E-state index is 12.1. The zero-order chi connectivity index (χ0) is 20.5. The molecule has 1 amide bonds. The summed E-state index contributed by atoms with van der Waals surface area (Å²) in [4.78, 5) is 16.3. The van der Waals surface area contributed by atoms with Gasteiger partial charge in [0.1, 0.15) is 0 Å². The Kier molecular flexibility index (Phi) is 11.0. The van der Waals surface area contributed by atoms with E-state index in [1.54, 1.807) is 13.1 Å². The van der Waals surface area contributed by atoms with E-state index in [1.165, 1.54) is 5.69 Å². The maximum atomic E-state index is 12.1. The summed E-state index contributed by atoms with van der Waals surface area (Å²) in [6.45, 7) is 8.05. The molecule has 0 aliphatic rings. The van der Waals surface area contributed by atoms with Crippen LogP contribution in [0.15, 0.2) is 29.3 Å². The number of rotatable bonds is 8. The van der Waals surface area contributed by atoms with E-state index in [9.17, 15) is 4.79 Å². The van der Waals surface area contributed by atoms with E-state index < -0.39 is 0 Å². The van der Waals surface area contributed by atoms with Crippen LogP contribution in [0.1, 0.15) is 29.8 Å². The van der Waals surface area contributed by atoms with Crippen molar-refractivity contribution in [3.8, 4) is 0 Å². The van der Waals surface area contributed by atoms with Gasteiger partial charge in [-0.3, -0.25) is 14.5 Å². The number of aromatic nitrogens is 2. The Labute approximate surface area is 194 Å². The number of hydrogen-bond donors (Lipinski definition) is 3. The molecule has 1 heterocycles. The molecule has 0 spiro atoms. The van der Waals surface area contributed by atoms with Gasteiger partial charge in [0.2, 0.25) is 5.91 Å². The Morgan fingerprint density at radius 2 is 1.93 bits per heavy atom. The molecule has 0 fully saturated rings. The van der Waals surface area contributed by atoms with Gasteiger partial charge in [-0.25, -0.2) is 0 Å². The molecule has 160 valence electrons. The fourth-order valence-electron chi connectivity index (χ4n) is 2.81. The van der Waals surface area contributed by atoms with Gasteiger partial charge in [-0.1, -0.05) is 17.7 Å². The highest BCUT2D eigenvalue weighted by molar-refractivity contribution is 14.0. The van der Waals surface area contributed by atoms with Gasteiger partial charge in [0.05, 0.1) is 5.69 Å². The molecule has 1 aromatic heterocycles. The van der Waals surface area contributed by atoms with Gasteiger partial charge in [-0.15, -0.1) is 24.0 Å². The molecule has 0 bridgehead atoms. The molecule has 7 nitrogen and oxygen atoms in total. The Hall–Kier alpha value is -1.81. The highest BCUT2D eigenvalue weighted by atomic mass is 127. The van der Waals surface area contributed by atoms with Crippen molar-refractivity contribution >= 4 is 53.1 Å². The van der Waals surface area contributed by atoms with E-state index in [-0.39, 0.29) is 29.9 Å². The number of aryl methyl sites for hydroxylation is 3. The highest BCUT2D eigenvalue weighted by Gasteiger charge is 2.07. The first kappa shape index (κ1) is 25.2. The maximum Gasteiger partial charge on any atom is 0.226 e. The summed E-state index contributed by atoms with van der Waals surface area (Å²) in [5, 5.41) is 14.4.